The molecule has 0 fully saturated rings. The van der Waals surface area contributed by atoms with E-state index in [1.165, 1.54) is 0 Å². The molecule has 0 aliphatic heterocycles. The van der Waals surface area contributed by atoms with E-state index in [2.05, 4.69) is 0 Å². The molecular formula is C6H18N4O. The maximum absolute atomic E-state index is 5.50. The Bertz CT molecular complexity index is 96.6. The number of nitrogens with two attached hydrogens (primary N) is 4. The van der Waals surface area contributed by atoms with Crippen molar-refractivity contribution in [2.75, 3.05) is 19.7 Å². The predicted octanol–water partition coefficient (Wildman–Crippen LogP) is -1.73. The minimum atomic E-state index is -1.08. The van der Waals surface area contributed by atoms with E-state index in [0.717, 1.165) is 6.42 Å². The highest BCUT2D eigenvalue weighted by Crippen LogP contribution is 1.98. The van der Waals surface area contributed by atoms with Crippen molar-refractivity contribution in [3.8, 4) is 0 Å². The van der Waals surface area contributed by atoms with E-state index in [9.17, 15) is 0 Å². The second kappa shape index (κ2) is 5.45. The summed E-state index contributed by atoms with van der Waals surface area (Å²) in [6.07, 6.45) is 1.22. The predicted molar refractivity (Wildman–Crippen MR) is 44.4 cm³/mol. The van der Waals surface area contributed by atoms with Gasteiger partial charge in [0, 0.05) is 6.42 Å². The highest BCUT2D eigenvalue weighted by atomic mass is 16.5. The van der Waals surface area contributed by atoms with Crippen LogP contribution in [0.3, 0.4) is 0 Å². The van der Waals surface area contributed by atoms with Crippen molar-refractivity contribution in [1.82, 2.24) is 0 Å². The zero-order valence-corrected chi connectivity index (χ0v) is 6.75. The van der Waals surface area contributed by atoms with E-state index in [1.807, 2.05) is 0 Å². The molecule has 0 saturated carbocycles. The fourth-order valence-electron chi connectivity index (χ4n) is 0.643. The molecule has 5 nitrogen and oxygen atoms in total. The van der Waals surface area contributed by atoms with Gasteiger partial charge in [0.25, 0.3) is 0 Å². The Morgan fingerprint density at radius 2 is 1.73 bits per heavy atom. The number of rotatable bonds is 6. The summed E-state index contributed by atoms with van der Waals surface area (Å²) < 4.78 is 5.11. The van der Waals surface area contributed by atoms with Gasteiger partial charge in [0.2, 0.25) is 0 Å². The first-order valence-electron chi connectivity index (χ1n) is 3.74. The topological polar surface area (TPSA) is 113 Å². The average Bonchev–Trinajstić information content (AvgIpc) is 1.87. The monoisotopic (exact) mass is 162 g/mol. The summed E-state index contributed by atoms with van der Waals surface area (Å²) in [5, 5.41) is 0. The van der Waals surface area contributed by atoms with Crippen LogP contribution in [0.5, 0.6) is 0 Å². The molecule has 0 aromatic carbocycles. The molecule has 0 aromatic rings. The van der Waals surface area contributed by atoms with Crippen LogP contribution >= 0.6 is 0 Å². The van der Waals surface area contributed by atoms with Crippen LogP contribution in [0.25, 0.3) is 0 Å². The van der Waals surface area contributed by atoms with Crippen molar-refractivity contribution < 1.29 is 4.74 Å². The van der Waals surface area contributed by atoms with Gasteiger partial charge < -0.3 is 16.2 Å². The Morgan fingerprint density at radius 1 is 1.09 bits per heavy atom. The summed E-state index contributed by atoms with van der Waals surface area (Å²) in [5.74, 6) is -1.08. The van der Waals surface area contributed by atoms with Gasteiger partial charge in [0.1, 0.15) is 0 Å². The van der Waals surface area contributed by atoms with Gasteiger partial charge in [-0.15, -0.1) is 0 Å². The Labute approximate surface area is 67.0 Å². The molecule has 0 heterocycles. The molecule has 0 unspecified atom stereocenters. The molecule has 0 rings (SSSR count). The Hall–Kier alpha value is -0.200. The average molecular weight is 162 g/mol. The third-order valence-electron chi connectivity index (χ3n) is 1.25. The summed E-state index contributed by atoms with van der Waals surface area (Å²) >= 11 is 0. The molecular weight excluding hydrogens is 144 g/mol. The van der Waals surface area contributed by atoms with Crippen molar-refractivity contribution in [2.24, 2.45) is 22.9 Å². The van der Waals surface area contributed by atoms with E-state index < -0.39 is 5.85 Å². The van der Waals surface area contributed by atoms with Gasteiger partial charge in [-0.1, -0.05) is 0 Å². The Morgan fingerprint density at radius 3 is 2.18 bits per heavy atom. The molecule has 0 saturated heterocycles. The van der Waals surface area contributed by atoms with Crippen LogP contribution in [0, 0.1) is 0 Å². The largest absolute Gasteiger partial charge is 0.348 e. The van der Waals surface area contributed by atoms with Crippen LogP contribution in [0.2, 0.25) is 0 Å². The van der Waals surface area contributed by atoms with Crippen LogP contribution < -0.4 is 22.9 Å². The molecule has 0 amide bonds. The first kappa shape index (κ1) is 10.8. The zero-order chi connectivity index (χ0) is 8.74. The first-order chi connectivity index (χ1) is 5.12. The zero-order valence-electron chi connectivity index (χ0n) is 6.75. The van der Waals surface area contributed by atoms with E-state index in [0.29, 0.717) is 26.1 Å². The van der Waals surface area contributed by atoms with E-state index in [1.54, 1.807) is 0 Å². The molecule has 0 bridgehead atoms. The fourth-order valence-corrected chi connectivity index (χ4v) is 0.643. The van der Waals surface area contributed by atoms with Crippen LogP contribution in [-0.2, 0) is 4.74 Å². The van der Waals surface area contributed by atoms with Gasteiger partial charge in [-0.3, -0.25) is 11.5 Å². The van der Waals surface area contributed by atoms with Gasteiger partial charge in [0.05, 0.1) is 6.61 Å². The van der Waals surface area contributed by atoms with Crippen molar-refractivity contribution in [3.63, 3.8) is 0 Å². The van der Waals surface area contributed by atoms with Crippen LogP contribution in [-0.4, -0.2) is 25.5 Å². The second-order valence-corrected chi connectivity index (χ2v) is 2.48. The third kappa shape index (κ3) is 6.21. The first-order valence-corrected chi connectivity index (χ1v) is 3.74. The molecule has 0 aliphatic carbocycles. The van der Waals surface area contributed by atoms with Gasteiger partial charge >= 0.3 is 0 Å². The normalized spacial score (nSPS) is 12.0. The summed E-state index contributed by atoms with van der Waals surface area (Å²) in [6.45, 7) is 1.50. The summed E-state index contributed by atoms with van der Waals surface area (Å²) in [6, 6.07) is 0. The quantitative estimate of drug-likeness (QED) is 0.274. The van der Waals surface area contributed by atoms with Crippen molar-refractivity contribution >= 4 is 0 Å². The van der Waals surface area contributed by atoms with Crippen LogP contribution in [0.4, 0.5) is 0 Å². The van der Waals surface area contributed by atoms with Gasteiger partial charge in [0.15, 0.2) is 5.85 Å². The highest BCUT2D eigenvalue weighted by Gasteiger charge is 2.17. The minimum Gasteiger partial charge on any atom is -0.348 e. The second-order valence-electron chi connectivity index (χ2n) is 2.48. The van der Waals surface area contributed by atoms with Crippen LogP contribution in [0.15, 0.2) is 0 Å². The smallest absolute Gasteiger partial charge is 0.170 e. The van der Waals surface area contributed by atoms with Crippen LogP contribution in [0.1, 0.15) is 12.8 Å². The highest BCUT2D eigenvalue weighted by molar-refractivity contribution is 4.64. The molecule has 0 aromatic heterocycles. The molecule has 0 atom stereocenters. The Kier molecular flexibility index (Phi) is 5.35. The Balaban J connectivity index is 3.38. The fraction of sp³-hybridized carbons (Fsp3) is 1.00. The molecule has 68 valence electrons. The lowest BCUT2D eigenvalue weighted by Crippen LogP contribution is -2.53. The van der Waals surface area contributed by atoms with Crippen molar-refractivity contribution in [1.29, 1.82) is 0 Å². The van der Waals surface area contributed by atoms with E-state index >= 15 is 0 Å². The summed E-state index contributed by atoms with van der Waals surface area (Å²) in [5.41, 5.74) is 21.5. The molecule has 0 spiro atoms. The van der Waals surface area contributed by atoms with Gasteiger partial charge in [-0.25, -0.2) is 0 Å². The molecule has 0 aliphatic rings. The van der Waals surface area contributed by atoms with Gasteiger partial charge in [-0.2, -0.15) is 0 Å². The summed E-state index contributed by atoms with van der Waals surface area (Å²) in [4.78, 5) is 0. The van der Waals surface area contributed by atoms with Gasteiger partial charge in [-0.05, 0) is 19.5 Å². The lowest BCUT2D eigenvalue weighted by molar-refractivity contribution is -0.0412. The van der Waals surface area contributed by atoms with E-state index in [4.69, 9.17) is 27.7 Å². The molecule has 8 N–H and O–H groups in total. The standard InChI is InChI=1S/C6H18N4O/c7-3-1-5-11-6(9,10)2-4-8/h1-5,7-10H2. The SMILES string of the molecule is NCCCOC(N)(N)CCN. The molecule has 5 heteroatoms. The summed E-state index contributed by atoms with van der Waals surface area (Å²) in [7, 11) is 0. The number of hydrogen-bond donors (Lipinski definition) is 4. The maximum Gasteiger partial charge on any atom is 0.170 e. The number of ether oxygens (including phenoxy) is 1. The third-order valence-corrected chi connectivity index (χ3v) is 1.25. The minimum absolute atomic E-state index is 0.426. The van der Waals surface area contributed by atoms with Crippen molar-refractivity contribution in [2.45, 2.75) is 18.7 Å². The maximum atomic E-state index is 5.50. The molecule has 11 heavy (non-hydrogen) atoms. The molecule has 0 radical (unpaired) electrons. The lowest BCUT2D eigenvalue weighted by Gasteiger charge is -2.23. The lowest BCUT2D eigenvalue weighted by atomic mass is 10.3. The van der Waals surface area contributed by atoms with E-state index in [-0.39, 0.29) is 0 Å². The number of hydrogen-bond acceptors (Lipinski definition) is 5. The van der Waals surface area contributed by atoms with Crippen molar-refractivity contribution in [3.05, 3.63) is 0 Å².